The van der Waals surface area contributed by atoms with E-state index in [2.05, 4.69) is 22.5 Å². The summed E-state index contributed by atoms with van der Waals surface area (Å²) in [6, 6.07) is 18.2. The minimum atomic E-state index is -0.728. The number of carbonyl (C=O) groups excluding carboxylic acids is 5. The van der Waals surface area contributed by atoms with E-state index in [4.69, 9.17) is 14.3 Å². The number of amides is 3. The molecule has 0 radical (unpaired) electrons. The first-order valence-electron chi connectivity index (χ1n) is 15.5. The van der Waals surface area contributed by atoms with Gasteiger partial charge in [0.2, 0.25) is 12.3 Å². The number of esters is 2. The van der Waals surface area contributed by atoms with Crippen molar-refractivity contribution in [1.29, 1.82) is 0 Å². The van der Waals surface area contributed by atoms with Gasteiger partial charge in [-0.1, -0.05) is 75.6 Å². The Kier molecular flexibility index (Phi) is 14.5. The van der Waals surface area contributed by atoms with Crippen molar-refractivity contribution in [3.63, 3.8) is 0 Å². The van der Waals surface area contributed by atoms with Gasteiger partial charge in [0.1, 0.15) is 12.3 Å². The van der Waals surface area contributed by atoms with Crippen LogP contribution in [-0.2, 0) is 30.5 Å². The fourth-order valence-corrected chi connectivity index (χ4v) is 5.11. The summed E-state index contributed by atoms with van der Waals surface area (Å²) in [7, 11) is 2.41. The second kappa shape index (κ2) is 18.8. The highest BCUT2D eigenvalue weighted by molar-refractivity contribution is 6.04. The number of benzene rings is 2. The van der Waals surface area contributed by atoms with Gasteiger partial charge in [0.15, 0.2) is 0 Å². The zero-order chi connectivity index (χ0) is 34.2. The van der Waals surface area contributed by atoms with Crippen LogP contribution in [-0.4, -0.2) is 67.1 Å². The van der Waals surface area contributed by atoms with Gasteiger partial charge in [-0.15, -0.1) is 0 Å². The Morgan fingerprint density at radius 3 is 2.26 bits per heavy atom. The smallest absolute Gasteiger partial charge is 0.338 e. The van der Waals surface area contributed by atoms with E-state index in [0.717, 1.165) is 24.8 Å². The molecule has 0 aliphatic carbocycles. The highest BCUT2D eigenvalue weighted by atomic mass is 16.7. The number of nitrogens with zero attached hydrogens (tertiary/aromatic N) is 2. The highest BCUT2D eigenvalue weighted by Crippen LogP contribution is 2.24. The average molecular weight is 647 g/mol. The number of hydroxylamine groups is 2. The molecule has 3 rings (SSSR count). The van der Waals surface area contributed by atoms with Crippen molar-refractivity contribution in [1.82, 2.24) is 20.7 Å². The Hall–Kier alpha value is -5.10. The maximum atomic E-state index is 13.5. The molecule has 2 atom stereocenters. The van der Waals surface area contributed by atoms with E-state index in [9.17, 15) is 24.0 Å². The van der Waals surface area contributed by atoms with E-state index in [1.54, 1.807) is 18.2 Å². The second-order valence-electron chi connectivity index (χ2n) is 10.7. The Morgan fingerprint density at radius 2 is 1.60 bits per heavy atom. The molecule has 3 aromatic rings. The number of hydrogen-bond acceptors (Lipinski definition) is 9. The lowest BCUT2D eigenvalue weighted by atomic mass is 9.90. The number of nitrogens with one attached hydrogen (secondary N) is 2. The predicted molar refractivity (Wildman–Crippen MR) is 174 cm³/mol. The summed E-state index contributed by atoms with van der Waals surface area (Å²) in [5.41, 5.74) is 1.83. The van der Waals surface area contributed by atoms with Gasteiger partial charge < -0.3 is 20.1 Å². The van der Waals surface area contributed by atoms with Crippen LogP contribution in [0.4, 0.5) is 0 Å². The fourth-order valence-electron chi connectivity index (χ4n) is 5.11. The molecule has 0 saturated carbocycles. The predicted octanol–water partition coefficient (Wildman–Crippen LogP) is 4.69. The zero-order valence-corrected chi connectivity index (χ0v) is 27.2. The SMILES string of the molecule is CCCCC[C@@H](C(=O)NCNC(=O)c1cccc(-c2ccc(C(=O)OC)c(C(=O)OC)c2)n1)[C@@H](CC)N(C=O)OCc1ccccc1. The number of pyridine rings is 1. The number of unbranched alkanes of at least 4 members (excludes halogenated alkanes) is 2. The van der Waals surface area contributed by atoms with E-state index in [-0.39, 0.29) is 36.0 Å². The van der Waals surface area contributed by atoms with Gasteiger partial charge >= 0.3 is 11.9 Å². The monoisotopic (exact) mass is 646 g/mol. The zero-order valence-electron chi connectivity index (χ0n) is 27.2. The molecular weight excluding hydrogens is 604 g/mol. The van der Waals surface area contributed by atoms with Gasteiger partial charge in [-0.3, -0.25) is 19.2 Å². The van der Waals surface area contributed by atoms with Crippen molar-refractivity contribution < 1.29 is 38.3 Å². The molecule has 1 heterocycles. The summed E-state index contributed by atoms with van der Waals surface area (Å²) in [5, 5.41) is 6.67. The minimum Gasteiger partial charge on any atom is -0.465 e. The lowest BCUT2D eigenvalue weighted by Crippen LogP contribution is -2.48. The molecule has 0 unspecified atom stereocenters. The van der Waals surface area contributed by atoms with Crippen LogP contribution in [0.5, 0.6) is 0 Å². The van der Waals surface area contributed by atoms with Crippen LogP contribution in [0.25, 0.3) is 11.3 Å². The van der Waals surface area contributed by atoms with E-state index >= 15 is 0 Å². The van der Waals surface area contributed by atoms with E-state index in [1.165, 1.54) is 37.5 Å². The van der Waals surface area contributed by atoms with Crippen molar-refractivity contribution in [3.8, 4) is 11.3 Å². The standard InChI is InChI=1S/C35H42N4O8/c1-5-7-9-15-27(31(6-2)39(23-40)47-21-24-13-10-8-11-14-24)32(41)36-22-37-33(42)30-17-12-16-29(38-30)25-18-19-26(34(43)45-3)28(20-25)35(44)46-4/h8,10-14,16-20,23,27,31H,5-7,9,15,21-22H2,1-4H3,(H,36,41)(H,37,42)/t27-,31-/m1/s1. The summed E-state index contributed by atoms with van der Waals surface area (Å²) in [6.45, 7) is 3.98. The molecule has 12 heteroatoms. The van der Waals surface area contributed by atoms with Crippen LogP contribution in [0, 0.1) is 5.92 Å². The maximum Gasteiger partial charge on any atom is 0.338 e. The maximum absolute atomic E-state index is 13.5. The molecule has 0 saturated heterocycles. The van der Waals surface area contributed by atoms with Crippen LogP contribution >= 0.6 is 0 Å². The Labute approximate surface area is 274 Å². The van der Waals surface area contributed by atoms with Crippen molar-refractivity contribution in [2.45, 2.75) is 58.6 Å². The van der Waals surface area contributed by atoms with E-state index < -0.39 is 29.8 Å². The second-order valence-corrected chi connectivity index (χ2v) is 10.7. The van der Waals surface area contributed by atoms with Crippen LogP contribution in [0.3, 0.4) is 0 Å². The molecule has 2 aromatic carbocycles. The molecule has 0 bridgehead atoms. The third kappa shape index (κ3) is 10.2. The Morgan fingerprint density at radius 1 is 0.872 bits per heavy atom. The molecule has 12 nitrogen and oxygen atoms in total. The van der Waals surface area contributed by atoms with E-state index in [0.29, 0.717) is 30.5 Å². The summed E-state index contributed by atoms with van der Waals surface area (Å²) in [5.74, 6) is -2.85. The fraction of sp³-hybridized carbons (Fsp3) is 0.371. The average Bonchev–Trinajstić information content (AvgIpc) is 3.11. The van der Waals surface area contributed by atoms with Gasteiger partial charge in [0, 0.05) is 5.56 Å². The summed E-state index contributed by atoms with van der Waals surface area (Å²) < 4.78 is 9.57. The third-order valence-electron chi connectivity index (χ3n) is 7.61. The van der Waals surface area contributed by atoms with Crippen molar-refractivity contribution in [2.75, 3.05) is 20.9 Å². The Balaban J connectivity index is 1.70. The molecule has 250 valence electrons. The number of ether oxygens (including phenoxy) is 2. The van der Waals surface area contributed by atoms with Crippen molar-refractivity contribution in [3.05, 3.63) is 89.1 Å². The third-order valence-corrected chi connectivity index (χ3v) is 7.61. The molecule has 0 spiro atoms. The first-order chi connectivity index (χ1) is 22.8. The summed E-state index contributed by atoms with van der Waals surface area (Å²) in [6.07, 6.45) is 4.31. The van der Waals surface area contributed by atoms with Crippen LogP contribution < -0.4 is 10.6 Å². The lowest BCUT2D eigenvalue weighted by Gasteiger charge is -2.32. The van der Waals surface area contributed by atoms with Crippen LogP contribution in [0.15, 0.2) is 66.7 Å². The van der Waals surface area contributed by atoms with Gasteiger partial charge in [-0.05, 0) is 42.7 Å². The number of hydrogen-bond donors (Lipinski definition) is 2. The van der Waals surface area contributed by atoms with Crippen LogP contribution in [0.2, 0.25) is 0 Å². The summed E-state index contributed by atoms with van der Waals surface area (Å²) in [4.78, 5) is 73.3. The Bertz CT molecular complexity index is 1510. The lowest BCUT2D eigenvalue weighted by molar-refractivity contribution is -0.200. The highest BCUT2D eigenvalue weighted by Gasteiger charge is 2.32. The van der Waals surface area contributed by atoms with Gasteiger partial charge in [-0.25, -0.2) is 19.6 Å². The molecule has 0 aliphatic heterocycles. The number of aromatic nitrogens is 1. The molecular formula is C35H42N4O8. The van der Waals surface area contributed by atoms with E-state index in [1.807, 2.05) is 37.3 Å². The number of carbonyl (C=O) groups is 5. The molecule has 2 N–H and O–H groups in total. The molecule has 0 aliphatic rings. The largest absolute Gasteiger partial charge is 0.465 e. The molecule has 3 amide bonds. The van der Waals surface area contributed by atoms with Gasteiger partial charge in [-0.2, -0.15) is 0 Å². The quantitative estimate of drug-likeness (QED) is 0.0659. The van der Waals surface area contributed by atoms with Crippen molar-refractivity contribution >= 4 is 30.2 Å². The number of methoxy groups -OCH3 is 2. The van der Waals surface area contributed by atoms with Gasteiger partial charge in [0.05, 0.1) is 49.7 Å². The summed E-state index contributed by atoms with van der Waals surface area (Å²) >= 11 is 0. The minimum absolute atomic E-state index is 0.00583. The van der Waals surface area contributed by atoms with Gasteiger partial charge in [0.25, 0.3) is 5.91 Å². The van der Waals surface area contributed by atoms with Crippen molar-refractivity contribution in [2.24, 2.45) is 5.92 Å². The topological polar surface area (TPSA) is 153 Å². The molecule has 47 heavy (non-hydrogen) atoms. The first kappa shape index (κ1) is 36.4. The number of rotatable bonds is 18. The molecule has 1 aromatic heterocycles. The first-order valence-corrected chi connectivity index (χ1v) is 15.5. The van der Waals surface area contributed by atoms with Crippen LogP contribution in [0.1, 0.15) is 82.7 Å². The normalized spacial score (nSPS) is 11.9. The molecule has 0 fully saturated rings.